The summed E-state index contributed by atoms with van der Waals surface area (Å²) in [5, 5.41) is 10.5. The number of morpholine rings is 1. The van der Waals surface area contributed by atoms with Gasteiger partial charge in [-0.2, -0.15) is 0 Å². The van der Waals surface area contributed by atoms with Crippen LogP contribution in [-0.2, 0) is 11.3 Å². The quantitative estimate of drug-likeness (QED) is 0.713. The van der Waals surface area contributed by atoms with Gasteiger partial charge in [0.2, 0.25) is 5.95 Å². The third-order valence-electron chi connectivity index (χ3n) is 5.19. The molecule has 2 fully saturated rings. The van der Waals surface area contributed by atoms with Gasteiger partial charge in [-0.15, -0.1) is 10.2 Å². The van der Waals surface area contributed by atoms with Crippen LogP contribution in [0.2, 0.25) is 5.02 Å². The zero-order valence-electron chi connectivity index (χ0n) is 16.5. The number of hydrogen-bond donors (Lipinski definition) is 0. The molecule has 0 aliphatic carbocycles. The summed E-state index contributed by atoms with van der Waals surface area (Å²) in [6.07, 6.45) is 4.90. The molecule has 0 spiro atoms. The predicted molar refractivity (Wildman–Crippen MR) is 112 cm³/mol. The number of aromatic nitrogens is 4. The second-order valence-corrected chi connectivity index (χ2v) is 8.46. The Morgan fingerprint density at radius 2 is 1.93 bits per heavy atom. The van der Waals surface area contributed by atoms with Crippen molar-refractivity contribution in [3.63, 3.8) is 0 Å². The van der Waals surface area contributed by atoms with Crippen LogP contribution in [0.3, 0.4) is 0 Å². The highest BCUT2D eigenvalue weighted by molar-refractivity contribution is 7.99. The largest absolute Gasteiger partial charge is 0.378 e. The Morgan fingerprint density at radius 1 is 1.17 bits per heavy atom. The van der Waals surface area contributed by atoms with Gasteiger partial charge in [0.15, 0.2) is 5.16 Å². The second-order valence-electron chi connectivity index (χ2n) is 7.09. The fourth-order valence-electron chi connectivity index (χ4n) is 3.61. The molecule has 8 nitrogen and oxygen atoms in total. The second kappa shape index (κ2) is 9.32. The molecule has 0 unspecified atom stereocenters. The van der Waals surface area contributed by atoms with Gasteiger partial charge in [-0.05, 0) is 44.0 Å². The molecule has 0 atom stereocenters. The molecule has 0 N–H and O–H groups in total. The van der Waals surface area contributed by atoms with Crippen LogP contribution < -0.4 is 4.90 Å². The summed E-state index contributed by atoms with van der Waals surface area (Å²) in [6.45, 7) is 7.40. The van der Waals surface area contributed by atoms with Crippen molar-refractivity contribution in [2.24, 2.45) is 0 Å². The molecule has 0 radical (unpaired) electrons. The number of piperidine rings is 1. The highest BCUT2D eigenvalue weighted by Crippen LogP contribution is 2.33. The van der Waals surface area contributed by atoms with Crippen molar-refractivity contribution in [2.45, 2.75) is 42.9 Å². The van der Waals surface area contributed by atoms with Crippen molar-refractivity contribution in [1.82, 2.24) is 24.6 Å². The first-order valence-corrected chi connectivity index (χ1v) is 11.3. The molecule has 0 saturated carbocycles. The number of hydrogen-bond acceptors (Lipinski definition) is 7. The molecule has 2 aliphatic heterocycles. The molecule has 2 aromatic heterocycles. The first-order valence-electron chi connectivity index (χ1n) is 10.1. The van der Waals surface area contributed by atoms with E-state index in [1.54, 1.807) is 12.3 Å². The van der Waals surface area contributed by atoms with Gasteiger partial charge in [0.1, 0.15) is 5.03 Å². The van der Waals surface area contributed by atoms with E-state index in [0.717, 1.165) is 56.7 Å². The fraction of sp³-hybridized carbons (Fsp3) is 0.579. The lowest BCUT2D eigenvalue weighted by Crippen LogP contribution is -2.38. The lowest BCUT2D eigenvalue weighted by atomic mass is 10.1. The van der Waals surface area contributed by atoms with Gasteiger partial charge >= 0.3 is 0 Å². The minimum absolute atomic E-state index is 0.00183. The van der Waals surface area contributed by atoms with E-state index in [0.29, 0.717) is 28.8 Å². The number of halogens is 1. The van der Waals surface area contributed by atoms with Crippen LogP contribution in [-0.4, -0.2) is 69.9 Å². The van der Waals surface area contributed by atoms with Gasteiger partial charge in [-0.1, -0.05) is 11.6 Å². The van der Waals surface area contributed by atoms with E-state index in [1.165, 1.54) is 18.2 Å². The molecular weight excluding hydrogens is 412 g/mol. The molecule has 2 aromatic rings. The van der Waals surface area contributed by atoms with Gasteiger partial charge in [-0.25, -0.2) is 4.98 Å². The van der Waals surface area contributed by atoms with Crippen molar-refractivity contribution in [2.75, 3.05) is 44.3 Å². The molecule has 156 valence electrons. The van der Waals surface area contributed by atoms with Crippen molar-refractivity contribution in [3.8, 4) is 0 Å². The van der Waals surface area contributed by atoms with Crippen LogP contribution in [0.4, 0.5) is 5.95 Å². The Balaban J connectivity index is 1.51. The molecule has 0 bridgehead atoms. The first-order chi connectivity index (χ1) is 14.2. The van der Waals surface area contributed by atoms with Gasteiger partial charge < -0.3 is 14.5 Å². The summed E-state index contributed by atoms with van der Waals surface area (Å²) in [5.74, 6) is 0.841. The van der Waals surface area contributed by atoms with E-state index in [9.17, 15) is 4.79 Å². The third kappa shape index (κ3) is 4.51. The maximum absolute atomic E-state index is 12.7. The maximum atomic E-state index is 12.7. The summed E-state index contributed by atoms with van der Waals surface area (Å²) in [4.78, 5) is 21.2. The summed E-state index contributed by atoms with van der Waals surface area (Å²) >= 11 is 7.84. The molecule has 29 heavy (non-hydrogen) atoms. The van der Waals surface area contributed by atoms with Crippen molar-refractivity contribution in [1.29, 1.82) is 0 Å². The lowest BCUT2D eigenvalue weighted by molar-refractivity contribution is 0.0724. The molecule has 1 amide bonds. The number of rotatable bonds is 5. The average molecular weight is 437 g/mol. The Labute approximate surface area is 179 Å². The normalized spacial score (nSPS) is 17.6. The molecular formula is C19H25ClN6O2S. The standard InChI is InChI=1S/C19H25ClN6O2S/c1-2-26-18(25-8-10-28-11-9-25)22-23-19(26)29-16-15(20)12-14(13-21-16)17(27)24-6-4-3-5-7-24/h12-13H,2-11H2,1H3. The van der Waals surface area contributed by atoms with Crippen molar-refractivity contribution < 1.29 is 9.53 Å². The van der Waals surface area contributed by atoms with Crippen LogP contribution in [0.25, 0.3) is 0 Å². The Morgan fingerprint density at radius 3 is 2.62 bits per heavy atom. The molecule has 4 heterocycles. The minimum Gasteiger partial charge on any atom is -0.378 e. The third-order valence-corrected chi connectivity index (χ3v) is 6.60. The van der Waals surface area contributed by atoms with Gasteiger partial charge in [0.05, 0.1) is 23.8 Å². The van der Waals surface area contributed by atoms with E-state index in [1.807, 2.05) is 4.90 Å². The van der Waals surface area contributed by atoms with E-state index in [2.05, 4.69) is 31.6 Å². The van der Waals surface area contributed by atoms with E-state index < -0.39 is 0 Å². The molecule has 4 rings (SSSR count). The van der Waals surface area contributed by atoms with Gasteiger partial charge in [0.25, 0.3) is 5.91 Å². The van der Waals surface area contributed by atoms with Crippen LogP contribution in [0.15, 0.2) is 22.4 Å². The smallest absolute Gasteiger partial charge is 0.255 e. The van der Waals surface area contributed by atoms with E-state index in [-0.39, 0.29) is 5.91 Å². The molecule has 2 saturated heterocycles. The zero-order valence-corrected chi connectivity index (χ0v) is 18.1. The Bertz CT molecular complexity index is 864. The highest BCUT2D eigenvalue weighted by atomic mass is 35.5. The molecule has 10 heteroatoms. The fourth-order valence-corrected chi connectivity index (χ4v) is 4.73. The first kappa shape index (κ1) is 20.4. The average Bonchev–Trinajstić information content (AvgIpc) is 3.18. The Kier molecular flexibility index (Phi) is 6.56. The zero-order chi connectivity index (χ0) is 20.2. The number of pyridine rings is 1. The van der Waals surface area contributed by atoms with E-state index >= 15 is 0 Å². The minimum atomic E-state index is 0.00183. The van der Waals surface area contributed by atoms with Gasteiger partial charge in [0, 0.05) is 38.9 Å². The van der Waals surface area contributed by atoms with Crippen LogP contribution in [0, 0.1) is 0 Å². The van der Waals surface area contributed by atoms with Crippen molar-refractivity contribution >= 4 is 35.2 Å². The number of carbonyl (C=O) groups excluding carboxylic acids is 1. The summed E-state index contributed by atoms with van der Waals surface area (Å²) < 4.78 is 7.48. The number of likely N-dealkylation sites (tertiary alicyclic amines) is 1. The molecule has 2 aliphatic rings. The summed E-state index contributed by atoms with van der Waals surface area (Å²) in [6, 6.07) is 1.71. The lowest BCUT2D eigenvalue weighted by Gasteiger charge is -2.27. The summed E-state index contributed by atoms with van der Waals surface area (Å²) in [7, 11) is 0. The van der Waals surface area contributed by atoms with Crippen LogP contribution in [0.5, 0.6) is 0 Å². The number of ether oxygens (including phenoxy) is 1. The highest BCUT2D eigenvalue weighted by Gasteiger charge is 2.23. The monoisotopic (exact) mass is 436 g/mol. The Hall–Kier alpha value is -1.84. The maximum Gasteiger partial charge on any atom is 0.255 e. The number of anilines is 1. The van der Waals surface area contributed by atoms with E-state index in [4.69, 9.17) is 16.3 Å². The number of carbonyl (C=O) groups is 1. The van der Waals surface area contributed by atoms with Crippen LogP contribution in [0.1, 0.15) is 36.5 Å². The SMILES string of the molecule is CCn1c(Sc2ncc(C(=O)N3CCCCC3)cc2Cl)nnc1N1CCOCC1. The summed E-state index contributed by atoms with van der Waals surface area (Å²) in [5.41, 5.74) is 0.534. The number of nitrogens with zero attached hydrogens (tertiary/aromatic N) is 6. The van der Waals surface area contributed by atoms with Gasteiger partial charge in [-0.3, -0.25) is 9.36 Å². The molecule has 0 aromatic carbocycles. The van der Waals surface area contributed by atoms with Crippen molar-refractivity contribution in [3.05, 3.63) is 22.8 Å². The van der Waals surface area contributed by atoms with Crippen LogP contribution >= 0.6 is 23.4 Å². The topological polar surface area (TPSA) is 76.4 Å². The number of amides is 1. The predicted octanol–water partition coefficient (Wildman–Crippen LogP) is 2.96.